The van der Waals surface area contributed by atoms with E-state index >= 15 is 0 Å². The van der Waals surface area contributed by atoms with Crippen LogP contribution in [-0.4, -0.2) is 22.4 Å². The van der Waals surface area contributed by atoms with Crippen LogP contribution in [-0.2, 0) is 16.6 Å². The van der Waals surface area contributed by atoms with Crippen molar-refractivity contribution in [1.82, 2.24) is 9.78 Å². The molecule has 0 aliphatic rings. The predicted molar refractivity (Wildman–Crippen MR) is 106 cm³/mol. The topological polar surface area (TPSA) is 44.1 Å². The van der Waals surface area contributed by atoms with Crippen molar-refractivity contribution in [3.8, 4) is 0 Å². The van der Waals surface area contributed by atoms with E-state index in [0.717, 1.165) is 12.1 Å². The number of aryl methyl sites for hydroxylation is 3. The molecular weight excluding hydrogens is 324 g/mol. The van der Waals surface area contributed by atoms with Gasteiger partial charge in [-0.25, -0.2) is 4.79 Å². The Kier molecular flexibility index (Phi) is 5.94. The summed E-state index contributed by atoms with van der Waals surface area (Å²) in [6, 6.07) is 6.37. The molecule has 0 amide bonds. The van der Waals surface area contributed by atoms with Gasteiger partial charge in [-0.05, 0) is 63.8 Å². The van der Waals surface area contributed by atoms with Crippen LogP contribution in [0.3, 0.4) is 0 Å². The van der Waals surface area contributed by atoms with Gasteiger partial charge in [0.15, 0.2) is 0 Å². The number of nitrogens with zero attached hydrogens (tertiary/aromatic N) is 2. The zero-order valence-corrected chi connectivity index (χ0v) is 17.4. The molecule has 0 aliphatic heterocycles. The Morgan fingerprint density at radius 2 is 1.73 bits per heavy atom. The van der Waals surface area contributed by atoms with E-state index in [4.69, 9.17) is 9.84 Å². The molecule has 4 heteroatoms. The fourth-order valence-electron chi connectivity index (χ4n) is 3.37. The quantitative estimate of drug-likeness (QED) is 0.701. The van der Waals surface area contributed by atoms with Crippen LogP contribution in [0.2, 0.25) is 0 Å². The van der Waals surface area contributed by atoms with E-state index in [1.54, 1.807) is 0 Å². The number of benzene rings is 1. The summed E-state index contributed by atoms with van der Waals surface area (Å²) in [5.41, 5.74) is 6.49. The van der Waals surface area contributed by atoms with Gasteiger partial charge in [-0.3, -0.25) is 4.68 Å². The number of hydrogen-bond donors (Lipinski definition) is 0. The Labute approximate surface area is 157 Å². The lowest BCUT2D eigenvalue weighted by molar-refractivity contribution is 0.0509. The number of ether oxygens (including phenoxy) is 1. The molecule has 1 aromatic heterocycles. The Balaban J connectivity index is 2.43. The van der Waals surface area contributed by atoms with Crippen molar-refractivity contribution in [1.29, 1.82) is 0 Å². The molecule has 4 nitrogen and oxygen atoms in total. The third-order valence-electron chi connectivity index (χ3n) is 4.75. The van der Waals surface area contributed by atoms with Crippen LogP contribution in [0, 0.1) is 20.8 Å². The van der Waals surface area contributed by atoms with Gasteiger partial charge in [0.05, 0.1) is 18.3 Å². The second-order valence-electron chi connectivity index (χ2n) is 8.26. The van der Waals surface area contributed by atoms with Crippen molar-refractivity contribution in [3.05, 3.63) is 51.8 Å². The number of carbonyl (C=O) groups is 1. The maximum Gasteiger partial charge on any atom is 0.356 e. The van der Waals surface area contributed by atoms with Gasteiger partial charge in [0.25, 0.3) is 0 Å². The average Bonchev–Trinajstić information content (AvgIpc) is 2.96. The lowest BCUT2D eigenvalue weighted by atomic mass is 9.92. The first-order valence-electron chi connectivity index (χ1n) is 9.38. The minimum absolute atomic E-state index is 0.0608. The van der Waals surface area contributed by atoms with Crippen LogP contribution in [0.15, 0.2) is 18.2 Å². The maximum absolute atomic E-state index is 12.5. The van der Waals surface area contributed by atoms with Gasteiger partial charge in [-0.2, -0.15) is 5.10 Å². The summed E-state index contributed by atoms with van der Waals surface area (Å²) in [4.78, 5) is 12.5. The van der Waals surface area contributed by atoms with Crippen LogP contribution < -0.4 is 0 Å². The number of carbonyl (C=O) groups excluding carboxylic acids is 1. The lowest BCUT2D eigenvalue weighted by Gasteiger charge is -2.19. The fourth-order valence-corrected chi connectivity index (χ4v) is 3.37. The molecule has 0 saturated carbocycles. The fraction of sp³-hybridized carbons (Fsp3) is 0.545. The molecule has 0 radical (unpaired) electrons. The van der Waals surface area contributed by atoms with E-state index in [1.807, 2.05) is 17.7 Å². The summed E-state index contributed by atoms with van der Waals surface area (Å²) < 4.78 is 7.10. The summed E-state index contributed by atoms with van der Waals surface area (Å²) in [5.74, 6) is -0.306. The van der Waals surface area contributed by atoms with Gasteiger partial charge in [-0.15, -0.1) is 0 Å². The van der Waals surface area contributed by atoms with Crippen LogP contribution >= 0.6 is 0 Å². The third kappa shape index (κ3) is 4.35. The molecule has 0 aliphatic carbocycles. The summed E-state index contributed by atoms with van der Waals surface area (Å²) in [6.07, 6.45) is 0.829. The second-order valence-corrected chi connectivity index (χ2v) is 8.26. The highest BCUT2D eigenvalue weighted by Gasteiger charge is 2.26. The molecule has 1 atom stereocenters. The summed E-state index contributed by atoms with van der Waals surface area (Å²) >= 11 is 0. The highest BCUT2D eigenvalue weighted by Crippen LogP contribution is 2.27. The minimum Gasteiger partial charge on any atom is -0.461 e. The van der Waals surface area contributed by atoms with Gasteiger partial charge in [-0.1, -0.05) is 38.5 Å². The molecule has 0 fully saturated rings. The highest BCUT2D eigenvalue weighted by molar-refractivity contribution is 5.87. The number of aromatic nitrogens is 2. The van der Waals surface area contributed by atoms with Crippen molar-refractivity contribution in [2.45, 2.75) is 73.3 Å². The van der Waals surface area contributed by atoms with Gasteiger partial charge in [0, 0.05) is 5.41 Å². The molecule has 0 unspecified atom stereocenters. The van der Waals surface area contributed by atoms with E-state index in [-0.39, 0.29) is 17.4 Å². The minimum atomic E-state index is -0.306. The first-order valence-corrected chi connectivity index (χ1v) is 9.38. The molecule has 0 bridgehead atoms. The smallest absolute Gasteiger partial charge is 0.356 e. The summed E-state index contributed by atoms with van der Waals surface area (Å²) in [7, 11) is 0. The monoisotopic (exact) mass is 356 g/mol. The van der Waals surface area contributed by atoms with Crippen LogP contribution in [0.5, 0.6) is 0 Å². The number of esters is 1. The highest BCUT2D eigenvalue weighted by atomic mass is 16.5. The van der Waals surface area contributed by atoms with Crippen LogP contribution in [0.25, 0.3) is 0 Å². The molecule has 1 heterocycles. The Morgan fingerprint density at radius 3 is 2.23 bits per heavy atom. The average molecular weight is 357 g/mol. The molecule has 0 N–H and O–H groups in total. The molecular formula is C22H32N2O2. The zero-order chi connectivity index (χ0) is 19.6. The van der Waals surface area contributed by atoms with Gasteiger partial charge in [0.2, 0.25) is 0 Å². The molecule has 1 aromatic carbocycles. The molecule has 2 rings (SSSR count). The largest absolute Gasteiger partial charge is 0.461 e. The zero-order valence-electron chi connectivity index (χ0n) is 17.4. The van der Waals surface area contributed by atoms with E-state index in [0.29, 0.717) is 12.3 Å². The molecule has 142 valence electrons. The van der Waals surface area contributed by atoms with E-state index in [1.165, 1.54) is 22.3 Å². The molecule has 0 spiro atoms. The van der Waals surface area contributed by atoms with Gasteiger partial charge >= 0.3 is 5.97 Å². The van der Waals surface area contributed by atoms with Gasteiger partial charge in [0.1, 0.15) is 5.69 Å². The predicted octanol–water partition coefficient (Wildman–Crippen LogP) is 5.09. The van der Waals surface area contributed by atoms with Gasteiger partial charge < -0.3 is 4.74 Å². The normalized spacial score (nSPS) is 12.9. The molecule has 26 heavy (non-hydrogen) atoms. The maximum atomic E-state index is 12.5. The van der Waals surface area contributed by atoms with Crippen LogP contribution in [0.1, 0.15) is 79.1 Å². The van der Waals surface area contributed by atoms with Crippen molar-refractivity contribution in [2.24, 2.45) is 0 Å². The third-order valence-corrected chi connectivity index (χ3v) is 4.75. The standard InChI is InChI=1S/C22H32N2O2/c1-9-26-21(25)19-13-20(22(6,7)8)23-24(19)17(5)12-18-15(3)10-14(2)11-16(18)4/h10-11,13,17H,9,12H2,1-8H3/t17-/m1/s1. The molecule has 0 saturated heterocycles. The van der Waals surface area contributed by atoms with Crippen molar-refractivity contribution < 1.29 is 9.53 Å². The second kappa shape index (κ2) is 7.65. The van der Waals surface area contributed by atoms with Crippen molar-refractivity contribution in [3.63, 3.8) is 0 Å². The SMILES string of the molecule is CCOC(=O)c1cc(C(C)(C)C)nn1[C@H](C)Cc1c(C)cc(C)cc1C. The first kappa shape index (κ1) is 20.2. The first-order chi connectivity index (χ1) is 12.0. The Morgan fingerprint density at radius 1 is 1.15 bits per heavy atom. The number of hydrogen-bond acceptors (Lipinski definition) is 3. The Bertz CT molecular complexity index is 774. The van der Waals surface area contributed by atoms with E-state index in [9.17, 15) is 4.79 Å². The summed E-state index contributed by atoms with van der Waals surface area (Å²) in [5, 5.41) is 4.77. The van der Waals surface area contributed by atoms with E-state index < -0.39 is 0 Å². The van der Waals surface area contributed by atoms with Crippen LogP contribution in [0.4, 0.5) is 0 Å². The Hall–Kier alpha value is -2.10. The van der Waals surface area contributed by atoms with E-state index in [2.05, 4.69) is 60.6 Å². The lowest BCUT2D eigenvalue weighted by Crippen LogP contribution is -2.19. The number of rotatable bonds is 5. The van der Waals surface area contributed by atoms with Crippen molar-refractivity contribution in [2.75, 3.05) is 6.61 Å². The molecule has 2 aromatic rings. The summed E-state index contributed by atoms with van der Waals surface area (Å²) in [6.45, 7) is 17.0. The van der Waals surface area contributed by atoms with Crippen molar-refractivity contribution >= 4 is 5.97 Å².